The first-order valence-electron chi connectivity index (χ1n) is 4.81. The van der Waals surface area contributed by atoms with Gasteiger partial charge in [-0.3, -0.25) is 0 Å². The SMILES string of the molecule is N#CC1B2CCCC1CCC2.[Na]. The Bertz CT molecular complexity index is 167. The average Bonchev–Trinajstić information content (AvgIpc) is 2.03. The molecule has 0 amide bonds. The van der Waals surface area contributed by atoms with E-state index in [4.69, 9.17) is 5.26 Å². The Labute approximate surface area is 97.3 Å². The zero-order valence-electron chi connectivity index (χ0n) is 7.92. The Morgan fingerprint density at radius 2 is 1.75 bits per heavy atom. The topological polar surface area (TPSA) is 23.8 Å². The van der Waals surface area contributed by atoms with Crippen molar-refractivity contribution in [2.75, 3.05) is 0 Å². The third kappa shape index (κ3) is 1.89. The fourth-order valence-corrected chi connectivity index (χ4v) is 2.89. The van der Waals surface area contributed by atoms with Gasteiger partial charge in [-0.2, -0.15) is 5.26 Å². The van der Waals surface area contributed by atoms with Crippen molar-refractivity contribution in [2.45, 2.75) is 44.1 Å². The summed E-state index contributed by atoms with van der Waals surface area (Å²) >= 11 is 0. The second kappa shape index (κ2) is 4.70. The molecule has 1 nitrogen and oxygen atoms in total. The summed E-state index contributed by atoms with van der Waals surface area (Å²) in [6, 6.07) is 2.51. The summed E-state index contributed by atoms with van der Waals surface area (Å²) in [4.78, 5) is 0. The van der Waals surface area contributed by atoms with Crippen molar-refractivity contribution in [3.8, 4) is 6.07 Å². The molecule has 59 valence electrons. The molecule has 0 aromatic carbocycles. The van der Waals surface area contributed by atoms with E-state index in [0.29, 0.717) is 5.82 Å². The minimum Gasteiger partial charge on any atom is -0.199 e. The van der Waals surface area contributed by atoms with E-state index in [1.54, 1.807) is 0 Å². The molecule has 3 heteroatoms. The summed E-state index contributed by atoms with van der Waals surface area (Å²) in [6.07, 6.45) is 8.08. The first-order valence-corrected chi connectivity index (χ1v) is 4.81. The predicted molar refractivity (Wildman–Crippen MR) is 52.4 cm³/mol. The maximum atomic E-state index is 8.95. The van der Waals surface area contributed by atoms with Crippen LogP contribution in [0, 0.1) is 17.2 Å². The Morgan fingerprint density at radius 3 is 2.08 bits per heavy atom. The van der Waals surface area contributed by atoms with Crippen molar-refractivity contribution in [1.29, 1.82) is 5.26 Å². The molecular formula is C9H14BNNa. The van der Waals surface area contributed by atoms with Crippen molar-refractivity contribution >= 4 is 36.3 Å². The summed E-state index contributed by atoms with van der Waals surface area (Å²) in [6.45, 7) is 0.771. The van der Waals surface area contributed by atoms with Gasteiger partial charge in [-0.15, -0.1) is 0 Å². The van der Waals surface area contributed by atoms with Gasteiger partial charge in [0.1, 0.15) is 0 Å². The van der Waals surface area contributed by atoms with Crippen molar-refractivity contribution in [1.82, 2.24) is 0 Å². The van der Waals surface area contributed by atoms with E-state index in [9.17, 15) is 0 Å². The number of fused-ring (bicyclic) bond motifs is 2. The van der Waals surface area contributed by atoms with Gasteiger partial charge in [0, 0.05) is 35.4 Å². The molecule has 0 spiro atoms. The first-order chi connectivity index (χ1) is 5.42. The standard InChI is InChI=1S/C9H14BN.Na/c11-7-9-8-3-1-5-10(9)6-2-4-8;/h8-9H,1-6H2;. The molecule has 2 fully saturated rings. The molecule has 1 unspecified atom stereocenters. The zero-order valence-corrected chi connectivity index (χ0v) is 9.92. The monoisotopic (exact) mass is 170 g/mol. The molecule has 12 heavy (non-hydrogen) atoms. The molecule has 2 rings (SSSR count). The Kier molecular flexibility index (Phi) is 4.16. The molecule has 0 aromatic heterocycles. The third-order valence-corrected chi connectivity index (χ3v) is 3.46. The van der Waals surface area contributed by atoms with Gasteiger partial charge in [0.25, 0.3) is 0 Å². The van der Waals surface area contributed by atoms with E-state index >= 15 is 0 Å². The maximum Gasteiger partial charge on any atom is 0.161 e. The number of rotatable bonds is 0. The summed E-state index contributed by atoms with van der Waals surface area (Å²) in [5.41, 5.74) is 0. The molecule has 0 saturated carbocycles. The van der Waals surface area contributed by atoms with Gasteiger partial charge in [0.05, 0.1) is 6.07 Å². The largest absolute Gasteiger partial charge is 0.199 e. The summed E-state index contributed by atoms with van der Waals surface area (Å²) < 4.78 is 0. The number of hydrogen-bond donors (Lipinski definition) is 0. The van der Waals surface area contributed by atoms with Crippen LogP contribution in [0.25, 0.3) is 0 Å². The normalized spacial score (nSPS) is 33.4. The van der Waals surface area contributed by atoms with Gasteiger partial charge >= 0.3 is 0 Å². The van der Waals surface area contributed by atoms with Gasteiger partial charge in [0.2, 0.25) is 0 Å². The Balaban J connectivity index is 0.000000720. The number of hydrogen-bond acceptors (Lipinski definition) is 1. The van der Waals surface area contributed by atoms with Gasteiger partial charge in [-0.05, 0) is 5.92 Å². The zero-order chi connectivity index (χ0) is 7.68. The molecular weight excluding hydrogens is 156 g/mol. The van der Waals surface area contributed by atoms with Crippen LogP contribution in [0.1, 0.15) is 25.7 Å². The molecule has 1 atom stereocenters. The third-order valence-electron chi connectivity index (χ3n) is 3.46. The van der Waals surface area contributed by atoms with Crippen LogP contribution >= 0.6 is 0 Å². The minimum atomic E-state index is 0. The molecule has 2 heterocycles. The maximum absolute atomic E-state index is 8.95. The quantitative estimate of drug-likeness (QED) is 0.511. The van der Waals surface area contributed by atoms with E-state index in [0.717, 1.165) is 12.6 Å². The van der Waals surface area contributed by atoms with Gasteiger partial charge < -0.3 is 0 Å². The minimum absolute atomic E-state index is 0. The summed E-state index contributed by atoms with van der Waals surface area (Å²) in [5, 5.41) is 8.95. The van der Waals surface area contributed by atoms with Gasteiger partial charge in [-0.1, -0.05) is 38.3 Å². The summed E-state index contributed by atoms with van der Waals surface area (Å²) in [5.74, 6) is 1.20. The van der Waals surface area contributed by atoms with E-state index in [-0.39, 0.29) is 29.6 Å². The smallest absolute Gasteiger partial charge is 0.161 e. The summed E-state index contributed by atoms with van der Waals surface area (Å²) in [7, 11) is 0. The van der Waals surface area contributed by atoms with Crippen molar-refractivity contribution in [3.63, 3.8) is 0 Å². The van der Waals surface area contributed by atoms with Crippen molar-refractivity contribution in [2.24, 2.45) is 5.92 Å². The van der Waals surface area contributed by atoms with Crippen LogP contribution in [0.15, 0.2) is 0 Å². The fraction of sp³-hybridized carbons (Fsp3) is 0.889. The fourth-order valence-electron chi connectivity index (χ4n) is 2.89. The second-order valence-corrected chi connectivity index (χ2v) is 4.04. The van der Waals surface area contributed by atoms with E-state index < -0.39 is 0 Å². The predicted octanol–water partition coefficient (Wildman–Crippen LogP) is 2.20. The number of nitriles is 1. The molecule has 0 aliphatic carbocycles. The van der Waals surface area contributed by atoms with Crippen molar-refractivity contribution < 1.29 is 0 Å². The van der Waals surface area contributed by atoms with E-state index in [1.165, 1.54) is 38.3 Å². The number of nitrogens with zero attached hydrogens (tertiary/aromatic N) is 1. The van der Waals surface area contributed by atoms with Crippen LogP contribution in [-0.4, -0.2) is 36.3 Å². The molecule has 0 aromatic rings. The van der Waals surface area contributed by atoms with Crippen LogP contribution in [0.2, 0.25) is 18.5 Å². The molecule has 2 saturated heterocycles. The molecule has 2 bridgehead atoms. The van der Waals surface area contributed by atoms with Crippen LogP contribution in [0.3, 0.4) is 0 Å². The van der Waals surface area contributed by atoms with E-state index in [1.807, 2.05) is 0 Å². The molecule has 2 aliphatic heterocycles. The van der Waals surface area contributed by atoms with Crippen LogP contribution in [0.5, 0.6) is 0 Å². The Morgan fingerprint density at radius 1 is 1.17 bits per heavy atom. The van der Waals surface area contributed by atoms with Gasteiger partial charge in [0.15, 0.2) is 6.71 Å². The van der Waals surface area contributed by atoms with Crippen LogP contribution in [0.4, 0.5) is 0 Å². The van der Waals surface area contributed by atoms with E-state index in [2.05, 4.69) is 6.07 Å². The van der Waals surface area contributed by atoms with Crippen LogP contribution < -0.4 is 0 Å². The average molecular weight is 170 g/mol. The van der Waals surface area contributed by atoms with Gasteiger partial charge in [-0.25, -0.2) is 0 Å². The first kappa shape index (κ1) is 10.6. The Hall–Kier alpha value is 0.555. The molecule has 2 aliphatic rings. The molecule has 1 radical (unpaired) electrons. The second-order valence-electron chi connectivity index (χ2n) is 4.04. The van der Waals surface area contributed by atoms with Crippen molar-refractivity contribution in [3.05, 3.63) is 0 Å². The van der Waals surface area contributed by atoms with Crippen LogP contribution in [-0.2, 0) is 0 Å². The molecule has 0 N–H and O–H groups in total.